The summed E-state index contributed by atoms with van der Waals surface area (Å²) in [6.07, 6.45) is 3.19. The number of ether oxygens (including phenoxy) is 1. The predicted octanol–water partition coefficient (Wildman–Crippen LogP) is 1.71. The maximum atomic E-state index is 12.8. The molecule has 0 spiro atoms. The maximum absolute atomic E-state index is 12.8. The number of carbonyl (C=O) groups excluding carboxylic acids is 2. The first-order valence-corrected chi connectivity index (χ1v) is 9.14. The van der Waals surface area contributed by atoms with Gasteiger partial charge in [0.25, 0.3) is 11.7 Å². The fraction of sp³-hybridized carbons (Fsp3) is 0.316. The monoisotopic (exact) mass is 380 g/mol. The summed E-state index contributed by atoms with van der Waals surface area (Å²) in [5.74, 6) is 1.14. The number of hydrogen-bond acceptors (Lipinski definition) is 6. The van der Waals surface area contributed by atoms with Crippen molar-refractivity contribution in [1.82, 2.24) is 29.4 Å². The molecular formula is C19H20N6O3. The first-order chi connectivity index (χ1) is 13.7. The molecule has 0 unspecified atom stereocenters. The normalized spacial score (nSPS) is 14.3. The van der Waals surface area contributed by atoms with Crippen molar-refractivity contribution in [2.75, 3.05) is 32.8 Å². The van der Waals surface area contributed by atoms with Crippen LogP contribution in [0.4, 0.5) is 4.79 Å². The average Bonchev–Trinajstić information content (AvgIpc) is 3.18. The molecule has 3 aromatic rings. The lowest BCUT2D eigenvalue weighted by Gasteiger charge is -2.34. The van der Waals surface area contributed by atoms with E-state index in [0.717, 1.165) is 5.56 Å². The zero-order valence-corrected chi connectivity index (χ0v) is 15.5. The van der Waals surface area contributed by atoms with E-state index < -0.39 is 0 Å². The molecule has 1 aliphatic heterocycles. The van der Waals surface area contributed by atoms with Crippen LogP contribution in [0.25, 0.3) is 17.2 Å². The Morgan fingerprint density at radius 1 is 1.04 bits per heavy atom. The van der Waals surface area contributed by atoms with Gasteiger partial charge in [-0.2, -0.15) is 0 Å². The summed E-state index contributed by atoms with van der Waals surface area (Å²) in [4.78, 5) is 32.1. The smallest absolute Gasteiger partial charge is 0.409 e. The van der Waals surface area contributed by atoms with Crippen LogP contribution in [0.2, 0.25) is 0 Å². The highest BCUT2D eigenvalue weighted by Gasteiger charge is 2.25. The largest absolute Gasteiger partial charge is 0.450 e. The van der Waals surface area contributed by atoms with E-state index in [1.165, 1.54) is 0 Å². The molecule has 1 saturated heterocycles. The molecule has 0 radical (unpaired) electrons. The zero-order valence-electron chi connectivity index (χ0n) is 15.5. The summed E-state index contributed by atoms with van der Waals surface area (Å²) in [6.45, 7) is 4.05. The van der Waals surface area contributed by atoms with Gasteiger partial charge in [0.05, 0.1) is 6.61 Å². The summed E-state index contributed by atoms with van der Waals surface area (Å²) in [6, 6.07) is 9.09. The predicted molar refractivity (Wildman–Crippen MR) is 101 cm³/mol. The summed E-state index contributed by atoms with van der Waals surface area (Å²) >= 11 is 0. The van der Waals surface area contributed by atoms with E-state index in [0.29, 0.717) is 50.0 Å². The van der Waals surface area contributed by atoms with Crippen LogP contribution in [0.15, 0.2) is 42.7 Å². The Bertz CT molecular complexity index is 992. The Morgan fingerprint density at radius 2 is 1.75 bits per heavy atom. The molecule has 9 nitrogen and oxygen atoms in total. The minimum absolute atomic E-state index is 0.0529. The van der Waals surface area contributed by atoms with Crippen LogP contribution in [0, 0.1) is 0 Å². The quantitative estimate of drug-likeness (QED) is 0.687. The highest BCUT2D eigenvalue weighted by atomic mass is 16.6. The first-order valence-electron chi connectivity index (χ1n) is 9.14. The molecule has 0 aliphatic carbocycles. The topological polar surface area (TPSA) is 92.9 Å². The van der Waals surface area contributed by atoms with E-state index in [9.17, 15) is 9.59 Å². The number of nitrogens with zero attached hydrogens (tertiary/aromatic N) is 6. The fourth-order valence-corrected chi connectivity index (χ4v) is 3.19. The van der Waals surface area contributed by atoms with E-state index in [2.05, 4.69) is 15.2 Å². The van der Waals surface area contributed by atoms with Crippen molar-refractivity contribution in [1.29, 1.82) is 0 Å². The van der Waals surface area contributed by atoms with Gasteiger partial charge in [-0.25, -0.2) is 9.78 Å². The molecule has 0 N–H and O–H groups in total. The van der Waals surface area contributed by atoms with Gasteiger partial charge in [-0.05, 0) is 25.1 Å². The van der Waals surface area contributed by atoms with E-state index in [1.54, 1.807) is 39.5 Å². The second kappa shape index (κ2) is 7.63. The maximum Gasteiger partial charge on any atom is 0.409 e. The number of aromatic nitrogens is 4. The van der Waals surface area contributed by atoms with E-state index in [1.807, 2.05) is 24.4 Å². The minimum Gasteiger partial charge on any atom is -0.450 e. The second-order valence-corrected chi connectivity index (χ2v) is 6.37. The highest BCUT2D eigenvalue weighted by molar-refractivity contribution is 5.94. The molecular weight excluding hydrogens is 360 g/mol. The summed E-state index contributed by atoms with van der Waals surface area (Å²) in [7, 11) is 0. The van der Waals surface area contributed by atoms with Crippen LogP contribution in [0.3, 0.4) is 0 Å². The van der Waals surface area contributed by atoms with Crippen LogP contribution in [0.5, 0.6) is 0 Å². The summed E-state index contributed by atoms with van der Waals surface area (Å²) in [5, 5.41) is 8.22. The Labute approximate surface area is 161 Å². The van der Waals surface area contributed by atoms with Crippen LogP contribution in [-0.4, -0.2) is 74.2 Å². The third-order valence-corrected chi connectivity index (χ3v) is 4.67. The van der Waals surface area contributed by atoms with E-state index in [-0.39, 0.29) is 12.0 Å². The molecule has 144 valence electrons. The number of benzene rings is 1. The van der Waals surface area contributed by atoms with Gasteiger partial charge in [0.2, 0.25) is 0 Å². The molecule has 0 bridgehead atoms. The lowest BCUT2D eigenvalue weighted by Crippen LogP contribution is -2.50. The van der Waals surface area contributed by atoms with Crippen LogP contribution >= 0.6 is 0 Å². The number of fused-ring (bicyclic) bond motifs is 1. The van der Waals surface area contributed by atoms with Gasteiger partial charge in [-0.3, -0.25) is 9.20 Å². The summed E-state index contributed by atoms with van der Waals surface area (Å²) < 4.78 is 6.80. The third kappa shape index (κ3) is 3.38. The van der Waals surface area contributed by atoms with Crippen molar-refractivity contribution < 1.29 is 14.3 Å². The molecule has 1 aliphatic rings. The third-order valence-electron chi connectivity index (χ3n) is 4.67. The van der Waals surface area contributed by atoms with Crippen molar-refractivity contribution >= 4 is 17.8 Å². The highest BCUT2D eigenvalue weighted by Crippen LogP contribution is 2.19. The van der Waals surface area contributed by atoms with Gasteiger partial charge in [0.15, 0.2) is 5.82 Å². The Hall–Kier alpha value is -3.49. The Balaban J connectivity index is 1.44. The lowest BCUT2D eigenvalue weighted by molar-refractivity contribution is 0.0570. The molecule has 9 heteroatoms. The van der Waals surface area contributed by atoms with Crippen molar-refractivity contribution in [3.8, 4) is 11.4 Å². The van der Waals surface area contributed by atoms with Crippen LogP contribution in [-0.2, 0) is 4.74 Å². The van der Waals surface area contributed by atoms with Crippen LogP contribution < -0.4 is 0 Å². The molecule has 4 rings (SSSR count). The molecule has 0 atom stereocenters. The van der Waals surface area contributed by atoms with Gasteiger partial charge in [-0.1, -0.05) is 12.1 Å². The van der Waals surface area contributed by atoms with Gasteiger partial charge < -0.3 is 14.5 Å². The number of piperazine rings is 1. The number of hydrogen-bond donors (Lipinski definition) is 0. The van der Waals surface area contributed by atoms with Crippen molar-refractivity contribution in [3.05, 3.63) is 48.3 Å². The van der Waals surface area contributed by atoms with Gasteiger partial charge in [0, 0.05) is 49.7 Å². The molecule has 3 heterocycles. The van der Waals surface area contributed by atoms with Crippen molar-refractivity contribution in [2.45, 2.75) is 6.92 Å². The molecule has 1 aromatic carbocycles. The molecule has 0 saturated carbocycles. The number of rotatable bonds is 3. The van der Waals surface area contributed by atoms with Crippen molar-refractivity contribution in [3.63, 3.8) is 0 Å². The average molecular weight is 380 g/mol. The zero-order chi connectivity index (χ0) is 19.5. The van der Waals surface area contributed by atoms with Gasteiger partial charge in [-0.15, -0.1) is 10.2 Å². The SMILES string of the molecule is CCOC(=O)N1CCN(C(=O)c2ccc(-c3nnc4ncccn34)cc2)CC1. The van der Waals surface area contributed by atoms with Gasteiger partial charge >= 0.3 is 6.09 Å². The molecule has 1 fully saturated rings. The van der Waals surface area contributed by atoms with Crippen molar-refractivity contribution in [2.24, 2.45) is 0 Å². The fourth-order valence-electron chi connectivity index (χ4n) is 3.19. The summed E-state index contributed by atoms with van der Waals surface area (Å²) in [5.41, 5.74) is 1.45. The second-order valence-electron chi connectivity index (χ2n) is 6.37. The minimum atomic E-state index is -0.325. The number of amides is 2. The molecule has 2 amide bonds. The lowest BCUT2D eigenvalue weighted by atomic mass is 10.1. The van der Waals surface area contributed by atoms with E-state index in [4.69, 9.17) is 4.74 Å². The standard InChI is InChI=1S/C19H20N6O3/c1-2-28-19(27)24-12-10-23(11-13-24)17(26)15-6-4-14(5-7-15)16-21-22-18-20-8-3-9-25(16)18/h3-9H,2,10-13H2,1H3. The Kier molecular flexibility index (Phi) is 4.88. The van der Waals surface area contributed by atoms with Crippen LogP contribution in [0.1, 0.15) is 17.3 Å². The van der Waals surface area contributed by atoms with Gasteiger partial charge in [0.1, 0.15) is 0 Å². The Morgan fingerprint density at radius 3 is 2.46 bits per heavy atom. The van der Waals surface area contributed by atoms with E-state index >= 15 is 0 Å². The number of carbonyl (C=O) groups is 2. The molecule has 2 aromatic heterocycles. The molecule has 28 heavy (non-hydrogen) atoms. The first kappa shape index (κ1) is 17.9.